The Morgan fingerprint density at radius 3 is 2.53 bits per heavy atom. The molecule has 2 aromatic carbocycles. The Bertz CT molecular complexity index is 1300. The van der Waals surface area contributed by atoms with Crippen LogP contribution in [0.15, 0.2) is 74.9 Å². The molecule has 2 aromatic heterocycles. The molecule has 0 aliphatic heterocycles. The standard InChI is InChI=1S/C23H20N2O5/c1-29-20(26)12-16(17-13-30-19-10-6-5-9-15(19)22(17)27)21-18(24-25-23(21)28)11-14-7-3-2-4-8-14/h2-10,13,16H,11-12H2,1H3,(H2,24,25,28)/t16-/m1/s1. The summed E-state index contributed by atoms with van der Waals surface area (Å²) in [6.45, 7) is 0. The number of carbonyl (C=O) groups is 1. The van der Waals surface area contributed by atoms with Crippen LogP contribution in [-0.2, 0) is 16.0 Å². The first kappa shape index (κ1) is 19.4. The van der Waals surface area contributed by atoms with E-state index in [1.807, 2.05) is 30.3 Å². The zero-order valence-electron chi connectivity index (χ0n) is 16.3. The monoisotopic (exact) mass is 404 g/mol. The van der Waals surface area contributed by atoms with Gasteiger partial charge in [0.25, 0.3) is 5.56 Å². The second-order valence-electron chi connectivity index (χ2n) is 6.98. The fraction of sp³-hybridized carbons (Fsp3) is 0.174. The van der Waals surface area contributed by atoms with Gasteiger partial charge in [-0.3, -0.25) is 19.5 Å². The number of rotatable bonds is 6. The van der Waals surface area contributed by atoms with E-state index >= 15 is 0 Å². The first-order chi connectivity index (χ1) is 14.6. The molecule has 0 bridgehead atoms. The highest BCUT2D eigenvalue weighted by atomic mass is 16.5. The van der Waals surface area contributed by atoms with Gasteiger partial charge in [0.1, 0.15) is 5.58 Å². The number of nitrogens with one attached hydrogen (secondary N) is 2. The Balaban J connectivity index is 1.86. The van der Waals surface area contributed by atoms with Crippen molar-refractivity contribution in [2.24, 2.45) is 0 Å². The van der Waals surface area contributed by atoms with Crippen LogP contribution in [0.3, 0.4) is 0 Å². The van der Waals surface area contributed by atoms with Crippen LogP contribution < -0.4 is 11.0 Å². The minimum atomic E-state index is -0.813. The molecule has 0 amide bonds. The first-order valence-electron chi connectivity index (χ1n) is 9.49. The summed E-state index contributed by atoms with van der Waals surface area (Å²) in [6.07, 6.45) is 1.60. The zero-order chi connectivity index (χ0) is 21.1. The summed E-state index contributed by atoms with van der Waals surface area (Å²) >= 11 is 0. The predicted molar refractivity (Wildman–Crippen MR) is 112 cm³/mol. The number of methoxy groups -OCH3 is 1. The summed E-state index contributed by atoms with van der Waals surface area (Å²) in [5.41, 5.74) is 1.92. The molecule has 0 saturated carbocycles. The van der Waals surface area contributed by atoms with E-state index in [0.29, 0.717) is 28.6 Å². The molecular weight excluding hydrogens is 384 g/mol. The van der Waals surface area contributed by atoms with E-state index < -0.39 is 11.9 Å². The van der Waals surface area contributed by atoms with Crippen LogP contribution in [0.1, 0.15) is 34.7 Å². The van der Waals surface area contributed by atoms with Crippen LogP contribution in [-0.4, -0.2) is 23.3 Å². The number of fused-ring (bicyclic) bond motifs is 1. The molecule has 0 radical (unpaired) electrons. The fourth-order valence-corrected chi connectivity index (χ4v) is 3.66. The van der Waals surface area contributed by atoms with Crippen molar-refractivity contribution in [1.29, 1.82) is 0 Å². The summed E-state index contributed by atoms with van der Waals surface area (Å²) in [5.74, 6) is -1.34. The number of aromatic amines is 2. The van der Waals surface area contributed by atoms with Crippen molar-refractivity contribution in [2.75, 3.05) is 7.11 Å². The fourth-order valence-electron chi connectivity index (χ4n) is 3.66. The van der Waals surface area contributed by atoms with Crippen LogP contribution in [0, 0.1) is 0 Å². The number of ether oxygens (including phenoxy) is 1. The SMILES string of the molecule is COC(=O)C[C@@H](c1c(Cc2ccccc2)[nH][nH]c1=O)c1coc2ccccc2c1=O. The van der Waals surface area contributed by atoms with E-state index in [2.05, 4.69) is 10.2 Å². The molecule has 1 atom stereocenters. The van der Waals surface area contributed by atoms with Crippen LogP contribution in [0.2, 0.25) is 0 Å². The first-order valence-corrected chi connectivity index (χ1v) is 9.49. The van der Waals surface area contributed by atoms with Crippen LogP contribution in [0.4, 0.5) is 0 Å². The third kappa shape index (κ3) is 3.69. The summed E-state index contributed by atoms with van der Waals surface area (Å²) in [6, 6.07) is 16.5. The molecule has 4 aromatic rings. The average molecular weight is 404 g/mol. The van der Waals surface area contributed by atoms with Gasteiger partial charge >= 0.3 is 5.97 Å². The maximum absolute atomic E-state index is 13.2. The highest BCUT2D eigenvalue weighted by molar-refractivity contribution is 5.77. The van der Waals surface area contributed by atoms with Crippen molar-refractivity contribution in [1.82, 2.24) is 10.2 Å². The number of hydrogen-bond donors (Lipinski definition) is 2. The van der Waals surface area contributed by atoms with Gasteiger partial charge in [-0.1, -0.05) is 42.5 Å². The van der Waals surface area contributed by atoms with Crippen molar-refractivity contribution < 1.29 is 13.9 Å². The molecule has 0 fully saturated rings. The molecule has 0 saturated heterocycles. The molecule has 4 rings (SSSR count). The largest absolute Gasteiger partial charge is 0.469 e. The lowest BCUT2D eigenvalue weighted by Crippen LogP contribution is -2.23. The lowest BCUT2D eigenvalue weighted by Gasteiger charge is -2.15. The van der Waals surface area contributed by atoms with E-state index in [0.717, 1.165) is 5.56 Å². The van der Waals surface area contributed by atoms with Gasteiger partial charge in [0.05, 0.1) is 25.2 Å². The van der Waals surface area contributed by atoms with Crippen molar-refractivity contribution in [3.63, 3.8) is 0 Å². The van der Waals surface area contributed by atoms with Gasteiger partial charge in [-0.25, -0.2) is 0 Å². The minimum absolute atomic E-state index is 0.164. The van der Waals surface area contributed by atoms with E-state index in [-0.39, 0.29) is 23.0 Å². The third-order valence-corrected chi connectivity index (χ3v) is 5.15. The van der Waals surface area contributed by atoms with E-state index in [4.69, 9.17) is 9.15 Å². The summed E-state index contributed by atoms with van der Waals surface area (Å²) < 4.78 is 10.5. The minimum Gasteiger partial charge on any atom is -0.469 e. The van der Waals surface area contributed by atoms with Gasteiger partial charge in [0.2, 0.25) is 0 Å². The van der Waals surface area contributed by atoms with E-state index in [1.165, 1.54) is 13.4 Å². The zero-order valence-corrected chi connectivity index (χ0v) is 16.3. The number of esters is 1. The molecule has 152 valence electrons. The van der Waals surface area contributed by atoms with Gasteiger partial charge in [0, 0.05) is 29.2 Å². The van der Waals surface area contributed by atoms with Crippen LogP contribution in [0.25, 0.3) is 11.0 Å². The van der Waals surface area contributed by atoms with Gasteiger partial charge in [-0.2, -0.15) is 0 Å². The predicted octanol–water partition coefficient (Wildman–Crippen LogP) is 3.10. The second kappa shape index (κ2) is 8.24. The van der Waals surface area contributed by atoms with E-state index in [1.54, 1.807) is 24.3 Å². The molecule has 2 heterocycles. The smallest absolute Gasteiger partial charge is 0.306 e. The molecule has 2 N–H and O–H groups in total. The summed E-state index contributed by atoms with van der Waals surface area (Å²) in [5, 5.41) is 5.88. The Morgan fingerprint density at radius 1 is 1.03 bits per heavy atom. The van der Waals surface area contributed by atoms with Gasteiger partial charge < -0.3 is 14.3 Å². The number of aromatic nitrogens is 2. The summed E-state index contributed by atoms with van der Waals surface area (Å²) in [4.78, 5) is 38.1. The molecule has 7 nitrogen and oxygen atoms in total. The number of carbonyl (C=O) groups excluding carboxylic acids is 1. The highest BCUT2D eigenvalue weighted by Crippen LogP contribution is 2.28. The van der Waals surface area contributed by atoms with Crippen LogP contribution in [0.5, 0.6) is 0 Å². The molecule has 0 spiro atoms. The second-order valence-corrected chi connectivity index (χ2v) is 6.98. The topological polar surface area (TPSA) is 105 Å². The lowest BCUT2D eigenvalue weighted by atomic mass is 9.87. The normalized spacial score (nSPS) is 12.0. The van der Waals surface area contributed by atoms with Crippen LogP contribution >= 0.6 is 0 Å². The molecule has 7 heteroatoms. The molecule has 0 aliphatic carbocycles. The highest BCUT2D eigenvalue weighted by Gasteiger charge is 2.29. The molecule has 0 aliphatic rings. The Labute approximate surface area is 171 Å². The van der Waals surface area contributed by atoms with E-state index in [9.17, 15) is 14.4 Å². The lowest BCUT2D eigenvalue weighted by molar-refractivity contribution is -0.140. The Kier molecular flexibility index (Phi) is 5.34. The quantitative estimate of drug-likeness (QED) is 0.481. The number of H-pyrrole nitrogens is 2. The number of para-hydroxylation sites is 1. The third-order valence-electron chi connectivity index (χ3n) is 5.15. The molecular formula is C23H20N2O5. The maximum atomic E-state index is 13.2. The van der Waals surface area contributed by atoms with Crippen molar-refractivity contribution in [3.05, 3.63) is 104 Å². The number of hydrogen-bond acceptors (Lipinski definition) is 5. The average Bonchev–Trinajstić information content (AvgIpc) is 3.13. The van der Waals surface area contributed by atoms with Crippen molar-refractivity contribution in [2.45, 2.75) is 18.8 Å². The van der Waals surface area contributed by atoms with Gasteiger partial charge in [-0.05, 0) is 17.7 Å². The van der Waals surface area contributed by atoms with Gasteiger partial charge in [0.15, 0.2) is 5.43 Å². The van der Waals surface area contributed by atoms with Crippen molar-refractivity contribution >= 4 is 16.9 Å². The Hall–Kier alpha value is -3.87. The molecule has 30 heavy (non-hydrogen) atoms. The number of benzene rings is 2. The summed E-state index contributed by atoms with van der Waals surface area (Å²) in [7, 11) is 1.27. The maximum Gasteiger partial charge on any atom is 0.306 e. The Morgan fingerprint density at radius 2 is 1.77 bits per heavy atom. The van der Waals surface area contributed by atoms with Gasteiger partial charge in [-0.15, -0.1) is 0 Å². The van der Waals surface area contributed by atoms with Crippen molar-refractivity contribution in [3.8, 4) is 0 Å². The molecule has 0 unspecified atom stereocenters.